The molecule has 0 N–H and O–H groups in total. The summed E-state index contributed by atoms with van der Waals surface area (Å²) in [4.78, 5) is 14.9. The number of carbonyl (C=O) groups excluding carboxylic acids is 1. The van der Waals surface area contributed by atoms with E-state index in [2.05, 4.69) is 42.2 Å². The predicted octanol–water partition coefficient (Wildman–Crippen LogP) is 3.72. The Labute approximate surface area is 135 Å². The molecule has 0 bridgehead atoms. The highest BCUT2D eigenvalue weighted by atomic mass is 32.1. The maximum Gasteiger partial charge on any atom is 0.308 e. The SMILES string of the molecule is CC(=O)Oc1cc2c(s1)CCN(CC1=CC=CC(C)C=C1)C2. The van der Waals surface area contributed by atoms with Gasteiger partial charge in [0.2, 0.25) is 0 Å². The number of nitrogens with zero attached hydrogens (tertiary/aromatic N) is 1. The second-order valence-electron chi connectivity index (χ2n) is 5.91. The molecule has 0 spiro atoms. The van der Waals surface area contributed by atoms with Crippen LogP contribution in [-0.2, 0) is 17.8 Å². The van der Waals surface area contributed by atoms with Crippen molar-refractivity contribution in [3.8, 4) is 5.06 Å². The topological polar surface area (TPSA) is 29.5 Å². The van der Waals surface area contributed by atoms with E-state index < -0.39 is 0 Å². The molecule has 116 valence electrons. The number of carbonyl (C=O) groups is 1. The standard InChI is InChI=1S/C18H21NO2S/c1-13-4-3-5-15(7-6-13)11-19-9-8-17-16(12-19)10-18(22-17)21-14(2)20/h3-7,10,13H,8-9,11-12H2,1-2H3. The van der Waals surface area contributed by atoms with E-state index in [1.807, 2.05) is 6.07 Å². The maximum absolute atomic E-state index is 11.1. The molecule has 4 heteroatoms. The molecule has 1 aromatic heterocycles. The number of fused-ring (bicyclic) bond motifs is 1. The number of rotatable bonds is 3. The van der Waals surface area contributed by atoms with Gasteiger partial charge in [-0.2, -0.15) is 0 Å². The first-order chi connectivity index (χ1) is 10.6. The largest absolute Gasteiger partial charge is 0.416 e. The highest BCUT2D eigenvalue weighted by Gasteiger charge is 2.20. The molecule has 1 aliphatic heterocycles. The zero-order chi connectivity index (χ0) is 15.5. The van der Waals surface area contributed by atoms with Crippen molar-refractivity contribution in [1.29, 1.82) is 0 Å². The van der Waals surface area contributed by atoms with Crippen LogP contribution in [0.1, 0.15) is 24.3 Å². The molecule has 0 amide bonds. The molecule has 1 unspecified atom stereocenters. The van der Waals surface area contributed by atoms with Crippen LogP contribution in [-0.4, -0.2) is 24.0 Å². The molecular weight excluding hydrogens is 294 g/mol. The van der Waals surface area contributed by atoms with E-state index in [1.165, 1.54) is 22.9 Å². The molecule has 3 rings (SSSR count). The van der Waals surface area contributed by atoms with Crippen LogP contribution in [0.4, 0.5) is 0 Å². The van der Waals surface area contributed by atoms with Crippen LogP contribution in [0.2, 0.25) is 0 Å². The molecule has 0 saturated heterocycles. The number of hydrogen-bond acceptors (Lipinski definition) is 4. The Balaban J connectivity index is 1.65. The van der Waals surface area contributed by atoms with Crippen molar-refractivity contribution in [1.82, 2.24) is 4.90 Å². The lowest BCUT2D eigenvalue weighted by Crippen LogP contribution is -2.31. The first-order valence-corrected chi connectivity index (χ1v) is 8.50. The van der Waals surface area contributed by atoms with Crippen LogP contribution < -0.4 is 4.74 Å². The van der Waals surface area contributed by atoms with Crippen molar-refractivity contribution < 1.29 is 9.53 Å². The van der Waals surface area contributed by atoms with E-state index in [0.717, 1.165) is 31.1 Å². The van der Waals surface area contributed by atoms with Gasteiger partial charge < -0.3 is 4.74 Å². The van der Waals surface area contributed by atoms with Crippen molar-refractivity contribution in [2.75, 3.05) is 13.1 Å². The molecule has 0 fully saturated rings. The van der Waals surface area contributed by atoms with E-state index in [1.54, 1.807) is 11.3 Å². The fraction of sp³-hybridized carbons (Fsp3) is 0.389. The average molecular weight is 315 g/mol. The third kappa shape index (κ3) is 3.76. The summed E-state index contributed by atoms with van der Waals surface area (Å²) in [5.74, 6) is 0.259. The first-order valence-electron chi connectivity index (χ1n) is 7.68. The van der Waals surface area contributed by atoms with Crippen molar-refractivity contribution in [3.63, 3.8) is 0 Å². The van der Waals surface area contributed by atoms with Gasteiger partial charge in [-0.3, -0.25) is 9.69 Å². The van der Waals surface area contributed by atoms with Crippen LogP contribution in [0.15, 0.2) is 42.0 Å². The molecule has 2 aliphatic rings. The van der Waals surface area contributed by atoms with Gasteiger partial charge in [0.05, 0.1) is 0 Å². The Morgan fingerprint density at radius 1 is 1.45 bits per heavy atom. The molecule has 3 nitrogen and oxygen atoms in total. The summed E-state index contributed by atoms with van der Waals surface area (Å²) >= 11 is 1.61. The lowest BCUT2D eigenvalue weighted by Gasteiger charge is -2.26. The van der Waals surface area contributed by atoms with E-state index >= 15 is 0 Å². The lowest BCUT2D eigenvalue weighted by molar-refractivity contribution is -0.131. The van der Waals surface area contributed by atoms with Gasteiger partial charge in [-0.15, -0.1) is 11.3 Å². The fourth-order valence-electron chi connectivity index (χ4n) is 2.80. The molecular formula is C18H21NO2S. The summed E-state index contributed by atoms with van der Waals surface area (Å²) in [5.41, 5.74) is 2.65. The minimum atomic E-state index is -0.245. The van der Waals surface area contributed by atoms with Gasteiger partial charge >= 0.3 is 5.97 Å². The summed E-state index contributed by atoms with van der Waals surface area (Å²) in [6, 6.07) is 2.02. The summed E-state index contributed by atoms with van der Waals surface area (Å²) in [6.07, 6.45) is 12.1. The highest BCUT2D eigenvalue weighted by molar-refractivity contribution is 7.14. The van der Waals surface area contributed by atoms with Crippen LogP contribution in [0, 0.1) is 5.92 Å². The Kier molecular flexibility index (Phi) is 4.60. The third-order valence-corrected chi connectivity index (χ3v) is 5.03. The van der Waals surface area contributed by atoms with E-state index in [4.69, 9.17) is 4.74 Å². The molecule has 0 aromatic carbocycles. The molecule has 0 radical (unpaired) electrons. The van der Waals surface area contributed by atoms with Crippen LogP contribution >= 0.6 is 11.3 Å². The Hall–Kier alpha value is -1.65. The van der Waals surface area contributed by atoms with Crippen LogP contribution in [0.3, 0.4) is 0 Å². The Morgan fingerprint density at radius 3 is 3.14 bits per heavy atom. The van der Waals surface area contributed by atoms with Crippen LogP contribution in [0.5, 0.6) is 5.06 Å². The van der Waals surface area contributed by atoms with E-state index in [9.17, 15) is 4.79 Å². The van der Waals surface area contributed by atoms with E-state index in [0.29, 0.717) is 5.92 Å². The second-order valence-corrected chi connectivity index (χ2v) is 7.01. The maximum atomic E-state index is 11.1. The van der Waals surface area contributed by atoms with Gasteiger partial charge in [0.1, 0.15) is 0 Å². The van der Waals surface area contributed by atoms with E-state index in [-0.39, 0.29) is 5.97 Å². The summed E-state index contributed by atoms with van der Waals surface area (Å²) in [6.45, 7) is 6.59. The molecule has 1 aliphatic carbocycles. The summed E-state index contributed by atoms with van der Waals surface area (Å²) < 4.78 is 5.21. The number of hydrogen-bond donors (Lipinski definition) is 0. The predicted molar refractivity (Wildman–Crippen MR) is 90.1 cm³/mol. The summed E-state index contributed by atoms with van der Waals surface area (Å²) in [7, 11) is 0. The number of esters is 1. The molecule has 0 saturated carbocycles. The van der Waals surface area contributed by atoms with Gasteiger partial charge in [0, 0.05) is 31.4 Å². The Bertz CT molecular complexity index is 654. The normalized spacial score (nSPS) is 21.2. The first kappa shape index (κ1) is 15.3. The highest BCUT2D eigenvalue weighted by Crippen LogP contribution is 2.33. The zero-order valence-corrected chi connectivity index (χ0v) is 13.9. The van der Waals surface area contributed by atoms with Gasteiger partial charge in [-0.25, -0.2) is 0 Å². The van der Waals surface area contributed by atoms with Gasteiger partial charge in [-0.05, 0) is 29.5 Å². The number of ether oxygens (including phenoxy) is 1. The monoisotopic (exact) mass is 315 g/mol. The van der Waals surface area contributed by atoms with Gasteiger partial charge in [0.25, 0.3) is 0 Å². The van der Waals surface area contributed by atoms with Crippen LogP contribution in [0.25, 0.3) is 0 Å². The smallest absolute Gasteiger partial charge is 0.308 e. The van der Waals surface area contributed by atoms with Gasteiger partial charge in [0.15, 0.2) is 5.06 Å². The van der Waals surface area contributed by atoms with Crippen molar-refractivity contribution >= 4 is 17.3 Å². The van der Waals surface area contributed by atoms with Gasteiger partial charge in [-0.1, -0.05) is 37.3 Å². The molecule has 2 heterocycles. The zero-order valence-electron chi connectivity index (χ0n) is 13.0. The number of thiophene rings is 1. The quantitative estimate of drug-likeness (QED) is 0.796. The second kappa shape index (κ2) is 6.63. The van der Waals surface area contributed by atoms with Crippen molar-refractivity contribution in [3.05, 3.63) is 52.5 Å². The average Bonchev–Trinajstić information content (AvgIpc) is 2.73. The minimum absolute atomic E-state index is 0.245. The molecule has 22 heavy (non-hydrogen) atoms. The lowest BCUT2D eigenvalue weighted by atomic mass is 10.1. The molecule has 1 aromatic rings. The van der Waals surface area contributed by atoms with Crippen molar-refractivity contribution in [2.45, 2.75) is 26.8 Å². The third-order valence-electron chi connectivity index (χ3n) is 3.91. The molecule has 1 atom stereocenters. The fourth-order valence-corrected chi connectivity index (χ4v) is 3.86. The summed E-state index contributed by atoms with van der Waals surface area (Å²) in [5, 5.41) is 0.727. The Morgan fingerprint density at radius 2 is 2.32 bits per heavy atom. The number of allylic oxidation sites excluding steroid dienone is 4. The van der Waals surface area contributed by atoms with Crippen molar-refractivity contribution in [2.24, 2.45) is 5.92 Å². The minimum Gasteiger partial charge on any atom is -0.416 e.